The Labute approximate surface area is 102 Å². The summed E-state index contributed by atoms with van der Waals surface area (Å²) in [6, 6.07) is 6.79. The van der Waals surface area contributed by atoms with Crippen LogP contribution >= 0.6 is 22.3 Å². The molecule has 0 fully saturated rings. The third-order valence-electron chi connectivity index (χ3n) is 2.13. The van der Waals surface area contributed by atoms with Crippen LogP contribution in [0.15, 0.2) is 30.5 Å². The number of fused-ring (bicyclic) bond motifs is 1. The molecule has 0 spiro atoms. The molecule has 1 aromatic heterocycles. The minimum Gasteiger partial charge on any atom is -0.256 e. The van der Waals surface area contributed by atoms with Crippen LogP contribution in [0.25, 0.3) is 10.9 Å². The lowest BCUT2D eigenvalue weighted by Crippen LogP contribution is -1.97. The number of halogens is 2. The van der Waals surface area contributed by atoms with Gasteiger partial charge in [-0.05, 0) is 23.8 Å². The maximum absolute atomic E-state index is 11.0. The molecule has 0 aliphatic heterocycles. The molecule has 2 aromatic rings. The Hall–Kier alpha value is -0.840. The van der Waals surface area contributed by atoms with Crippen LogP contribution in [0.2, 0.25) is 5.02 Å². The topological polar surface area (TPSA) is 47.0 Å². The zero-order valence-electron chi connectivity index (χ0n) is 8.02. The molecule has 0 unspecified atom stereocenters. The van der Waals surface area contributed by atoms with E-state index in [1.54, 1.807) is 30.5 Å². The monoisotopic (exact) mass is 275 g/mol. The van der Waals surface area contributed by atoms with Crippen molar-refractivity contribution in [3.8, 4) is 0 Å². The van der Waals surface area contributed by atoms with Crippen molar-refractivity contribution in [3.63, 3.8) is 0 Å². The fraction of sp³-hybridized carbons (Fsp3) is 0.100. The maximum Gasteiger partial charge on any atom is 0.236 e. The van der Waals surface area contributed by atoms with E-state index in [0.29, 0.717) is 16.1 Å². The molecule has 3 nitrogen and oxygen atoms in total. The highest BCUT2D eigenvalue weighted by molar-refractivity contribution is 8.13. The van der Waals surface area contributed by atoms with Crippen LogP contribution in [-0.2, 0) is 14.8 Å². The molecule has 0 saturated heterocycles. The number of hydrogen-bond acceptors (Lipinski definition) is 3. The van der Waals surface area contributed by atoms with Gasteiger partial charge in [-0.2, -0.15) is 0 Å². The summed E-state index contributed by atoms with van der Waals surface area (Å²) < 4.78 is 22.1. The average molecular weight is 276 g/mol. The normalized spacial score (nSPS) is 11.9. The van der Waals surface area contributed by atoms with Gasteiger partial charge < -0.3 is 0 Å². The first-order chi connectivity index (χ1) is 7.47. The molecule has 0 aliphatic rings. The van der Waals surface area contributed by atoms with E-state index in [-0.39, 0.29) is 5.75 Å². The molecule has 16 heavy (non-hydrogen) atoms. The number of aromatic nitrogens is 1. The minimum atomic E-state index is -3.59. The molecule has 0 aliphatic carbocycles. The van der Waals surface area contributed by atoms with Crippen molar-refractivity contribution in [2.24, 2.45) is 0 Å². The van der Waals surface area contributed by atoms with Crippen molar-refractivity contribution in [1.29, 1.82) is 0 Å². The molecule has 84 valence electrons. The Morgan fingerprint density at radius 1 is 1.25 bits per heavy atom. The van der Waals surface area contributed by atoms with E-state index in [2.05, 4.69) is 4.98 Å². The summed E-state index contributed by atoms with van der Waals surface area (Å²) in [5.41, 5.74) is 1.12. The zero-order valence-corrected chi connectivity index (χ0v) is 10.4. The summed E-state index contributed by atoms with van der Waals surface area (Å²) >= 11 is 5.98. The molecular formula is C10H7Cl2NO2S. The Bertz CT molecular complexity index is 640. The summed E-state index contributed by atoms with van der Waals surface area (Å²) in [6.45, 7) is 0. The summed E-state index contributed by atoms with van der Waals surface area (Å²) in [6.07, 6.45) is 1.59. The standard InChI is InChI=1S/C10H7Cl2NO2S/c11-9-4-3-7(6-16(12,14)15)10-8(9)2-1-5-13-10/h1-5H,6H2. The van der Waals surface area contributed by atoms with Crippen LogP contribution in [0.5, 0.6) is 0 Å². The third-order valence-corrected chi connectivity index (χ3v) is 3.44. The van der Waals surface area contributed by atoms with Gasteiger partial charge >= 0.3 is 0 Å². The van der Waals surface area contributed by atoms with E-state index >= 15 is 0 Å². The highest BCUT2D eigenvalue weighted by Crippen LogP contribution is 2.26. The molecule has 6 heteroatoms. The SMILES string of the molecule is O=S(=O)(Cl)Cc1ccc(Cl)c2cccnc12. The van der Waals surface area contributed by atoms with Crippen LogP contribution < -0.4 is 0 Å². The average Bonchev–Trinajstić information content (AvgIpc) is 2.21. The maximum atomic E-state index is 11.0. The lowest BCUT2D eigenvalue weighted by molar-refractivity contribution is 0.609. The van der Waals surface area contributed by atoms with E-state index in [4.69, 9.17) is 22.3 Å². The van der Waals surface area contributed by atoms with Crippen molar-refractivity contribution in [1.82, 2.24) is 4.98 Å². The van der Waals surface area contributed by atoms with E-state index < -0.39 is 9.05 Å². The van der Waals surface area contributed by atoms with Crippen LogP contribution in [0.3, 0.4) is 0 Å². The van der Waals surface area contributed by atoms with Gasteiger partial charge in [0.25, 0.3) is 0 Å². The molecular weight excluding hydrogens is 269 g/mol. The van der Waals surface area contributed by atoms with Gasteiger partial charge in [-0.3, -0.25) is 4.98 Å². The highest BCUT2D eigenvalue weighted by Gasteiger charge is 2.12. The Morgan fingerprint density at radius 3 is 2.69 bits per heavy atom. The predicted octanol–water partition coefficient (Wildman–Crippen LogP) is 2.96. The van der Waals surface area contributed by atoms with E-state index in [1.807, 2.05) is 0 Å². The van der Waals surface area contributed by atoms with Crippen LogP contribution in [0, 0.1) is 0 Å². The first-order valence-electron chi connectivity index (χ1n) is 4.42. The summed E-state index contributed by atoms with van der Waals surface area (Å²) in [7, 11) is 1.63. The zero-order chi connectivity index (χ0) is 11.8. The second-order valence-corrected chi connectivity index (χ2v) is 6.47. The molecule has 0 radical (unpaired) electrons. The summed E-state index contributed by atoms with van der Waals surface area (Å²) in [5.74, 6) is -0.251. The first kappa shape index (κ1) is 11.6. The van der Waals surface area contributed by atoms with Gasteiger partial charge in [0.2, 0.25) is 9.05 Å². The van der Waals surface area contributed by atoms with Crippen molar-refractivity contribution in [2.75, 3.05) is 0 Å². The number of rotatable bonds is 2. The number of benzene rings is 1. The molecule has 0 saturated carbocycles. The lowest BCUT2D eigenvalue weighted by atomic mass is 10.1. The van der Waals surface area contributed by atoms with Gasteiger partial charge in [-0.25, -0.2) is 8.42 Å². The van der Waals surface area contributed by atoms with Crippen LogP contribution in [0.1, 0.15) is 5.56 Å². The van der Waals surface area contributed by atoms with Gasteiger partial charge in [0.15, 0.2) is 0 Å². The predicted molar refractivity (Wildman–Crippen MR) is 65.2 cm³/mol. The second kappa shape index (κ2) is 4.20. The fourth-order valence-electron chi connectivity index (χ4n) is 1.50. The van der Waals surface area contributed by atoms with Gasteiger partial charge in [0.1, 0.15) is 0 Å². The highest BCUT2D eigenvalue weighted by atomic mass is 35.7. The van der Waals surface area contributed by atoms with Gasteiger partial charge in [-0.15, -0.1) is 0 Å². The molecule has 0 bridgehead atoms. The molecule has 0 atom stereocenters. The van der Waals surface area contributed by atoms with E-state index in [1.165, 1.54) is 0 Å². The Morgan fingerprint density at radius 2 is 2.00 bits per heavy atom. The number of nitrogens with zero attached hydrogens (tertiary/aromatic N) is 1. The Kier molecular flexibility index (Phi) is 3.06. The number of hydrogen-bond donors (Lipinski definition) is 0. The lowest BCUT2D eigenvalue weighted by Gasteiger charge is -2.04. The molecule has 0 amide bonds. The van der Waals surface area contributed by atoms with E-state index in [0.717, 1.165) is 5.39 Å². The van der Waals surface area contributed by atoms with Gasteiger partial charge in [-0.1, -0.05) is 17.7 Å². The molecule has 1 heterocycles. The van der Waals surface area contributed by atoms with Gasteiger partial charge in [0.05, 0.1) is 11.3 Å². The minimum absolute atomic E-state index is 0.251. The number of pyridine rings is 1. The molecule has 1 aromatic carbocycles. The van der Waals surface area contributed by atoms with Crippen LogP contribution in [0.4, 0.5) is 0 Å². The third kappa shape index (κ3) is 2.45. The summed E-state index contributed by atoms with van der Waals surface area (Å²) in [5, 5.41) is 1.26. The summed E-state index contributed by atoms with van der Waals surface area (Å²) in [4.78, 5) is 4.12. The van der Waals surface area contributed by atoms with Crippen LogP contribution in [-0.4, -0.2) is 13.4 Å². The second-order valence-electron chi connectivity index (χ2n) is 3.29. The largest absolute Gasteiger partial charge is 0.256 e. The van der Waals surface area contributed by atoms with Gasteiger partial charge in [0, 0.05) is 27.3 Å². The van der Waals surface area contributed by atoms with E-state index in [9.17, 15) is 8.42 Å². The van der Waals surface area contributed by atoms with Crippen molar-refractivity contribution in [3.05, 3.63) is 41.0 Å². The fourth-order valence-corrected chi connectivity index (χ4v) is 2.67. The van der Waals surface area contributed by atoms with Crippen molar-refractivity contribution in [2.45, 2.75) is 5.75 Å². The quantitative estimate of drug-likeness (QED) is 0.792. The van der Waals surface area contributed by atoms with Crippen molar-refractivity contribution >= 4 is 42.2 Å². The molecule has 0 N–H and O–H groups in total. The Balaban J connectivity index is 2.68. The smallest absolute Gasteiger partial charge is 0.236 e. The van der Waals surface area contributed by atoms with Crippen molar-refractivity contribution < 1.29 is 8.42 Å². The first-order valence-corrected chi connectivity index (χ1v) is 7.27. The molecule has 2 rings (SSSR count).